The van der Waals surface area contributed by atoms with Crippen LogP contribution in [0.4, 0.5) is 5.69 Å². The molecular formula is C18H23N3O2S. The first-order chi connectivity index (χ1) is 11.3. The third-order valence-corrected chi connectivity index (χ3v) is 4.38. The molecule has 1 amide bonds. The summed E-state index contributed by atoms with van der Waals surface area (Å²) in [5.41, 5.74) is 2.59. The van der Waals surface area contributed by atoms with Crippen molar-refractivity contribution < 1.29 is 4.79 Å². The molecule has 128 valence electrons. The van der Waals surface area contributed by atoms with E-state index >= 15 is 0 Å². The Morgan fingerprint density at radius 2 is 1.92 bits per heavy atom. The van der Waals surface area contributed by atoms with Crippen molar-refractivity contribution in [3.63, 3.8) is 0 Å². The summed E-state index contributed by atoms with van der Waals surface area (Å²) >= 11 is 1.22. The topological polar surface area (TPSA) is 74.8 Å². The minimum Gasteiger partial charge on any atom is -0.325 e. The molecule has 1 heterocycles. The first-order valence-corrected chi connectivity index (χ1v) is 8.90. The van der Waals surface area contributed by atoms with E-state index in [2.05, 4.69) is 36.1 Å². The Labute approximate surface area is 146 Å². The Hall–Kier alpha value is -2.08. The number of nitrogens with zero attached hydrogens (tertiary/aromatic N) is 1. The predicted molar refractivity (Wildman–Crippen MR) is 98.7 cm³/mol. The number of benzene rings is 1. The van der Waals surface area contributed by atoms with Gasteiger partial charge in [-0.05, 0) is 29.5 Å². The average Bonchev–Trinajstić information content (AvgIpc) is 2.52. The van der Waals surface area contributed by atoms with Gasteiger partial charge in [-0.1, -0.05) is 51.6 Å². The summed E-state index contributed by atoms with van der Waals surface area (Å²) in [6, 6.07) is 9.32. The van der Waals surface area contributed by atoms with Crippen LogP contribution in [0, 0.1) is 0 Å². The van der Waals surface area contributed by atoms with Gasteiger partial charge in [0.15, 0.2) is 5.16 Å². The van der Waals surface area contributed by atoms with Crippen LogP contribution in [0.1, 0.15) is 39.0 Å². The maximum atomic E-state index is 12.1. The van der Waals surface area contributed by atoms with Gasteiger partial charge in [0.1, 0.15) is 0 Å². The summed E-state index contributed by atoms with van der Waals surface area (Å²) in [6.45, 7) is 8.38. The maximum absolute atomic E-state index is 12.1. The van der Waals surface area contributed by atoms with Crippen molar-refractivity contribution in [3.05, 3.63) is 51.9 Å². The van der Waals surface area contributed by atoms with Crippen LogP contribution in [0.5, 0.6) is 0 Å². The standard InChI is InChI=1S/C18H23N3O2S/c1-5-13-10-15(22)21-17(20-13)24-11-16(23)19-14-8-6-12(7-9-14)18(2,3)4/h6-10H,5,11H2,1-4H3,(H,19,23)(H,20,21,22). The van der Waals surface area contributed by atoms with Crippen molar-refractivity contribution in [2.24, 2.45) is 0 Å². The summed E-state index contributed by atoms with van der Waals surface area (Å²) in [7, 11) is 0. The average molecular weight is 345 g/mol. The third-order valence-electron chi connectivity index (χ3n) is 3.51. The lowest BCUT2D eigenvalue weighted by atomic mass is 9.87. The van der Waals surface area contributed by atoms with Crippen LogP contribution >= 0.6 is 11.8 Å². The molecule has 24 heavy (non-hydrogen) atoms. The largest absolute Gasteiger partial charge is 0.325 e. The quantitative estimate of drug-likeness (QED) is 0.644. The number of aryl methyl sites for hydroxylation is 1. The van der Waals surface area contributed by atoms with Crippen molar-refractivity contribution in [1.29, 1.82) is 0 Å². The number of hydrogen-bond acceptors (Lipinski definition) is 4. The van der Waals surface area contributed by atoms with Gasteiger partial charge in [0, 0.05) is 17.4 Å². The van der Waals surface area contributed by atoms with Crippen molar-refractivity contribution >= 4 is 23.4 Å². The van der Waals surface area contributed by atoms with Gasteiger partial charge in [-0.25, -0.2) is 4.98 Å². The SMILES string of the molecule is CCc1cc(=O)[nH]c(SCC(=O)Nc2ccc(C(C)(C)C)cc2)n1. The molecular weight excluding hydrogens is 322 g/mol. The first-order valence-electron chi connectivity index (χ1n) is 7.91. The molecule has 0 radical (unpaired) electrons. The van der Waals surface area contributed by atoms with Crippen molar-refractivity contribution in [2.45, 2.75) is 44.7 Å². The van der Waals surface area contributed by atoms with E-state index in [4.69, 9.17) is 0 Å². The molecule has 6 heteroatoms. The Morgan fingerprint density at radius 1 is 1.25 bits per heavy atom. The summed E-state index contributed by atoms with van der Waals surface area (Å²) in [6.07, 6.45) is 0.684. The summed E-state index contributed by atoms with van der Waals surface area (Å²) < 4.78 is 0. The number of hydrogen-bond donors (Lipinski definition) is 2. The molecule has 2 rings (SSSR count). The number of aromatic amines is 1. The first kappa shape index (κ1) is 18.3. The summed E-state index contributed by atoms with van der Waals surface area (Å²) in [5, 5.41) is 3.32. The molecule has 0 atom stereocenters. The van der Waals surface area contributed by atoms with Gasteiger partial charge < -0.3 is 10.3 Å². The van der Waals surface area contributed by atoms with Crippen molar-refractivity contribution in [3.8, 4) is 0 Å². The van der Waals surface area contributed by atoms with Crippen LogP contribution in [0.15, 0.2) is 40.3 Å². The Morgan fingerprint density at radius 3 is 2.50 bits per heavy atom. The minimum absolute atomic E-state index is 0.0836. The van der Waals surface area contributed by atoms with Gasteiger partial charge in [-0.3, -0.25) is 9.59 Å². The number of anilines is 1. The van der Waals surface area contributed by atoms with E-state index < -0.39 is 0 Å². The van der Waals surface area contributed by atoms with E-state index in [1.165, 1.54) is 23.4 Å². The zero-order chi connectivity index (χ0) is 17.7. The van der Waals surface area contributed by atoms with Crippen molar-refractivity contribution in [1.82, 2.24) is 9.97 Å². The summed E-state index contributed by atoms with van der Waals surface area (Å²) in [5.74, 6) is 0.0602. The minimum atomic E-state index is -0.192. The number of rotatable bonds is 5. The molecule has 2 aromatic rings. The van der Waals surface area contributed by atoms with E-state index in [9.17, 15) is 9.59 Å². The lowest BCUT2D eigenvalue weighted by molar-refractivity contribution is -0.113. The molecule has 0 fully saturated rings. The van der Waals surface area contributed by atoms with Gasteiger partial charge in [0.2, 0.25) is 5.91 Å². The van der Waals surface area contributed by atoms with E-state index in [0.29, 0.717) is 11.6 Å². The van der Waals surface area contributed by atoms with Gasteiger partial charge in [0.05, 0.1) is 5.75 Å². The van der Waals surface area contributed by atoms with Crippen molar-refractivity contribution in [2.75, 3.05) is 11.1 Å². The molecule has 1 aromatic heterocycles. The fourth-order valence-corrected chi connectivity index (χ4v) is 2.81. The Kier molecular flexibility index (Phi) is 5.83. The Balaban J connectivity index is 1.94. The molecule has 0 saturated carbocycles. The van der Waals surface area contributed by atoms with Crippen LogP contribution in [-0.2, 0) is 16.6 Å². The highest BCUT2D eigenvalue weighted by Crippen LogP contribution is 2.23. The maximum Gasteiger partial charge on any atom is 0.251 e. The van der Waals surface area contributed by atoms with Crippen LogP contribution < -0.4 is 10.9 Å². The molecule has 0 bridgehead atoms. The number of H-pyrrole nitrogens is 1. The number of carbonyl (C=O) groups is 1. The second-order valence-electron chi connectivity index (χ2n) is 6.56. The predicted octanol–water partition coefficient (Wildman–Crippen LogP) is 3.36. The molecule has 0 aliphatic carbocycles. The highest BCUT2D eigenvalue weighted by atomic mass is 32.2. The van der Waals surface area contributed by atoms with E-state index in [1.54, 1.807) is 0 Å². The lowest BCUT2D eigenvalue weighted by Gasteiger charge is -2.19. The summed E-state index contributed by atoms with van der Waals surface area (Å²) in [4.78, 5) is 30.5. The van der Waals surface area contributed by atoms with Crippen LogP contribution in [-0.4, -0.2) is 21.6 Å². The van der Waals surface area contributed by atoms with Gasteiger partial charge in [-0.15, -0.1) is 0 Å². The molecule has 0 aliphatic rings. The molecule has 2 N–H and O–H groups in total. The normalized spacial score (nSPS) is 11.3. The molecule has 1 aromatic carbocycles. The third kappa shape index (κ3) is 5.23. The molecule has 5 nitrogen and oxygen atoms in total. The van der Waals surface area contributed by atoms with Crippen LogP contribution in [0.2, 0.25) is 0 Å². The van der Waals surface area contributed by atoms with Crippen LogP contribution in [0.25, 0.3) is 0 Å². The zero-order valence-electron chi connectivity index (χ0n) is 14.5. The number of carbonyl (C=O) groups excluding carboxylic acids is 1. The van der Waals surface area contributed by atoms with E-state index in [1.807, 2.05) is 31.2 Å². The number of thioether (sulfide) groups is 1. The fourth-order valence-electron chi connectivity index (χ4n) is 2.12. The smallest absolute Gasteiger partial charge is 0.251 e. The van der Waals surface area contributed by atoms with Gasteiger partial charge in [-0.2, -0.15) is 0 Å². The second-order valence-corrected chi connectivity index (χ2v) is 7.52. The fraction of sp³-hybridized carbons (Fsp3) is 0.389. The van der Waals surface area contributed by atoms with Crippen LogP contribution in [0.3, 0.4) is 0 Å². The highest BCUT2D eigenvalue weighted by Gasteiger charge is 2.13. The van der Waals surface area contributed by atoms with Gasteiger partial charge >= 0.3 is 0 Å². The number of aromatic nitrogens is 2. The molecule has 0 aliphatic heterocycles. The van der Waals surface area contributed by atoms with E-state index in [-0.39, 0.29) is 22.6 Å². The van der Waals surface area contributed by atoms with E-state index in [0.717, 1.165) is 11.4 Å². The monoisotopic (exact) mass is 345 g/mol. The lowest BCUT2D eigenvalue weighted by Crippen LogP contribution is -2.16. The number of amides is 1. The molecule has 0 saturated heterocycles. The molecule has 0 spiro atoms. The molecule has 0 unspecified atom stereocenters. The highest BCUT2D eigenvalue weighted by molar-refractivity contribution is 7.99. The Bertz CT molecular complexity index is 761. The second kappa shape index (κ2) is 7.66. The van der Waals surface area contributed by atoms with Gasteiger partial charge in [0.25, 0.3) is 5.56 Å². The zero-order valence-corrected chi connectivity index (χ0v) is 15.3. The number of nitrogens with one attached hydrogen (secondary N) is 2.